The monoisotopic (exact) mass is 384 g/mol. The Kier molecular flexibility index (Phi) is 9.60. The molecule has 0 saturated heterocycles. The van der Waals surface area contributed by atoms with Gasteiger partial charge in [-0.2, -0.15) is 0 Å². The first-order valence-corrected chi connectivity index (χ1v) is 9.80. The van der Waals surface area contributed by atoms with Crippen LogP contribution in [0.2, 0.25) is 0 Å². The molecule has 0 aromatic heterocycles. The molecule has 0 radical (unpaired) electrons. The van der Waals surface area contributed by atoms with Crippen molar-refractivity contribution in [3.8, 4) is 0 Å². The van der Waals surface area contributed by atoms with Gasteiger partial charge in [0.1, 0.15) is 0 Å². The first kappa shape index (κ1) is 23.6. The molecule has 0 heterocycles. The predicted molar refractivity (Wildman–Crippen MR) is 113 cm³/mol. The normalized spacial score (nSPS) is 11.8. The third-order valence-corrected chi connectivity index (χ3v) is 4.61. The fourth-order valence-electron chi connectivity index (χ4n) is 2.56. The summed E-state index contributed by atoms with van der Waals surface area (Å²) in [5.41, 5.74) is 1.09. The van der Waals surface area contributed by atoms with Crippen LogP contribution in [0.3, 0.4) is 0 Å². The molecule has 4 heteroatoms. The molecule has 2 aromatic carbocycles. The molecular weight excluding hydrogens is 352 g/mol. The molecule has 1 atom stereocenters. The summed E-state index contributed by atoms with van der Waals surface area (Å²) in [5.74, 6) is -0.760. The molecule has 0 spiro atoms. The van der Waals surface area contributed by atoms with Crippen molar-refractivity contribution in [1.82, 2.24) is 0 Å². The van der Waals surface area contributed by atoms with Crippen LogP contribution in [0.4, 0.5) is 0 Å². The van der Waals surface area contributed by atoms with Gasteiger partial charge in [0.15, 0.2) is 5.78 Å². The molecule has 4 nitrogen and oxygen atoms in total. The Bertz CT molecular complexity index is 750. The van der Waals surface area contributed by atoms with Crippen LogP contribution in [0.1, 0.15) is 73.7 Å². The van der Waals surface area contributed by atoms with Crippen molar-refractivity contribution < 1.29 is 19.1 Å². The number of ether oxygens (including phenoxy) is 2. The lowest BCUT2D eigenvalue weighted by Crippen LogP contribution is -2.27. The van der Waals surface area contributed by atoms with Crippen molar-refractivity contribution in [3.05, 3.63) is 71.3 Å². The second-order valence-electron chi connectivity index (χ2n) is 7.03. The third kappa shape index (κ3) is 6.61. The number of esters is 1. The van der Waals surface area contributed by atoms with Crippen LogP contribution in [0.5, 0.6) is 0 Å². The third-order valence-electron chi connectivity index (χ3n) is 4.61. The summed E-state index contributed by atoms with van der Waals surface area (Å²) in [6, 6.07) is 15.6. The van der Waals surface area contributed by atoms with E-state index >= 15 is 0 Å². The zero-order valence-electron chi connectivity index (χ0n) is 17.8. The Morgan fingerprint density at radius 3 is 2.00 bits per heavy atom. The number of ketones is 1. The van der Waals surface area contributed by atoms with Crippen molar-refractivity contribution in [3.63, 3.8) is 0 Å². The average Bonchev–Trinajstić information content (AvgIpc) is 2.74. The molecule has 0 saturated carbocycles. The lowest BCUT2D eigenvalue weighted by molar-refractivity contribution is -0.109. The summed E-state index contributed by atoms with van der Waals surface area (Å²) in [4.78, 5) is 25.5. The van der Waals surface area contributed by atoms with E-state index in [9.17, 15) is 9.59 Å². The molecule has 0 aliphatic heterocycles. The van der Waals surface area contributed by atoms with E-state index in [2.05, 4.69) is 20.8 Å². The minimum Gasteiger partial charge on any atom is -0.432 e. The number of hydrogen-bond donors (Lipinski definition) is 0. The van der Waals surface area contributed by atoms with Crippen molar-refractivity contribution in [2.24, 2.45) is 5.41 Å². The Morgan fingerprint density at radius 1 is 0.929 bits per heavy atom. The number of carbonyl (C=O) groups is 2. The van der Waals surface area contributed by atoms with Gasteiger partial charge in [-0.3, -0.25) is 4.79 Å². The number of hydrogen-bond acceptors (Lipinski definition) is 4. The SMILES string of the molecule is CC.CCC(C)(C)CC(OC)OC(=O)c1ccccc1C(=O)c1ccccc1. The molecule has 28 heavy (non-hydrogen) atoms. The first-order valence-electron chi connectivity index (χ1n) is 9.80. The van der Waals surface area contributed by atoms with Gasteiger partial charge in [0.05, 0.1) is 5.56 Å². The highest BCUT2D eigenvalue weighted by molar-refractivity contribution is 6.14. The maximum atomic E-state index is 12.8. The van der Waals surface area contributed by atoms with Crippen LogP contribution in [-0.4, -0.2) is 25.2 Å². The minimum atomic E-state index is -0.655. The quantitative estimate of drug-likeness (QED) is 0.323. The molecule has 2 rings (SSSR count). The summed E-state index contributed by atoms with van der Waals surface area (Å²) in [7, 11) is 1.52. The van der Waals surface area contributed by atoms with Gasteiger partial charge >= 0.3 is 5.97 Å². The van der Waals surface area contributed by atoms with E-state index in [1.807, 2.05) is 19.9 Å². The Labute approximate surface area is 168 Å². The highest BCUT2D eigenvalue weighted by Gasteiger charge is 2.26. The van der Waals surface area contributed by atoms with E-state index in [4.69, 9.17) is 9.47 Å². The van der Waals surface area contributed by atoms with Crippen LogP contribution in [0.25, 0.3) is 0 Å². The van der Waals surface area contributed by atoms with Crippen LogP contribution >= 0.6 is 0 Å². The molecule has 0 amide bonds. The van der Waals surface area contributed by atoms with E-state index < -0.39 is 12.3 Å². The fraction of sp³-hybridized carbons (Fsp3) is 0.417. The van der Waals surface area contributed by atoms with Crippen molar-refractivity contribution in [1.29, 1.82) is 0 Å². The average molecular weight is 385 g/mol. The van der Waals surface area contributed by atoms with E-state index in [0.29, 0.717) is 17.5 Å². The number of rotatable bonds is 8. The first-order chi connectivity index (χ1) is 13.4. The van der Waals surface area contributed by atoms with Crippen molar-refractivity contribution in [2.75, 3.05) is 7.11 Å². The van der Waals surface area contributed by atoms with Gasteiger partial charge in [0.2, 0.25) is 6.29 Å². The minimum absolute atomic E-state index is 0.0136. The lowest BCUT2D eigenvalue weighted by Gasteiger charge is -2.27. The van der Waals surface area contributed by atoms with E-state index in [1.165, 1.54) is 7.11 Å². The Morgan fingerprint density at radius 2 is 1.46 bits per heavy atom. The highest BCUT2D eigenvalue weighted by Crippen LogP contribution is 2.28. The van der Waals surface area contributed by atoms with Crippen molar-refractivity contribution in [2.45, 2.75) is 53.8 Å². The van der Waals surface area contributed by atoms with Gasteiger partial charge in [-0.25, -0.2) is 4.79 Å². The summed E-state index contributed by atoms with van der Waals surface area (Å²) < 4.78 is 10.9. The van der Waals surface area contributed by atoms with Gasteiger partial charge in [0, 0.05) is 24.7 Å². The molecule has 0 aliphatic rings. The maximum absolute atomic E-state index is 12.8. The smallest absolute Gasteiger partial charge is 0.341 e. The second-order valence-corrected chi connectivity index (χ2v) is 7.03. The molecule has 2 aromatic rings. The number of methoxy groups -OCH3 is 1. The molecule has 0 aliphatic carbocycles. The molecule has 152 valence electrons. The summed E-state index contributed by atoms with van der Waals surface area (Å²) in [6.45, 7) is 10.3. The number of benzene rings is 2. The number of carbonyl (C=O) groups excluding carboxylic acids is 2. The van der Waals surface area contributed by atoms with Gasteiger partial charge in [-0.15, -0.1) is 0 Å². The van der Waals surface area contributed by atoms with Crippen LogP contribution in [0, 0.1) is 5.41 Å². The standard InChI is InChI=1S/C22H26O4.C2H6/c1-5-22(2,3)15-19(25-4)26-21(24)18-14-10-9-13-17(18)20(23)16-11-7-6-8-12-16;1-2/h6-14,19H,5,15H2,1-4H3;1-2H3. The molecule has 1 unspecified atom stereocenters. The second kappa shape index (κ2) is 11.4. The highest BCUT2D eigenvalue weighted by atomic mass is 16.7. The van der Waals surface area contributed by atoms with Crippen LogP contribution < -0.4 is 0 Å². The lowest BCUT2D eigenvalue weighted by atomic mass is 9.86. The van der Waals surface area contributed by atoms with Gasteiger partial charge in [-0.1, -0.05) is 89.6 Å². The van der Waals surface area contributed by atoms with Crippen LogP contribution in [0.15, 0.2) is 54.6 Å². The molecular formula is C24H32O4. The van der Waals surface area contributed by atoms with E-state index in [1.54, 1.807) is 48.5 Å². The molecule has 0 bridgehead atoms. The van der Waals surface area contributed by atoms with Gasteiger partial charge < -0.3 is 9.47 Å². The summed E-state index contributed by atoms with van der Waals surface area (Å²) >= 11 is 0. The maximum Gasteiger partial charge on any atom is 0.341 e. The topological polar surface area (TPSA) is 52.6 Å². The zero-order valence-corrected chi connectivity index (χ0v) is 17.8. The fourth-order valence-corrected chi connectivity index (χ4v) is 2.56. The van der Waals surface area contributed by atoms with Gasteiger partial charge in [-0.05, 0) is 11.5 Å². The summed E-state index contributed by atoms with van der Waals surface area (Å²) in [5, 5.41) is 0. The predicted octanol–water partition coefficient (Wildman–Crippen LogP) is 5.90. The molecule has 0 N–H and O–H groups in total. The largest absolute Gasteiger partial charge is 0.432 e. The zero-order chi connectivity index (χ0) is 21.2. The van der Waals surface area contributed by atoms with Crippen LogP contribution in [-0.2, 0) is 9.47 Å². The Balaban J connectivity index is 0.00000190. The van der Waals surface area contributed by atoms with Gasteiger partial charge in [0.25, 0.3) is 0 Å². The van der Waals surface area contributed by atoms with E-state index in [-0.39, 0.29) is 16.8 Å². The van der Waals surface area contributed by atoms with E-state index in [0.717, 1.165) is 6.42 Å². The van der Waals surface area contributed by atoms with Crippen molar-refractivity contribution >= 4 is 11.8 Å². The molecule has 0 fully saturated rings. The Hall–Kier alpha value is -2.46. The summed E-state index contributed by atoms with van der Waals surface area (Å²) in [6.07, 6.45) is 0.867.